The summed E-state index contributed by atoms with van der Waals surface area (Å²) in [6.45, 7) is 1.89. The van der Waals surface area contributed by atoms with Crippen molar-refractivity contribution in [3.63, 3.8) is 0 Å². The number of H-pyrrole nitrogens is 1. The predicted molar refractivity (Wildman–Crippen MR) is 50.9 cm³/mol. The van der Waals surface area contributed by atoms with E-state index in [1.807, 2.05) is 7.05 Å². The van der Waals surface area contributed by atoms with Crippen LogP contribution in [0.2, 0.25) is 0 Å². The number of hydrogen-bond donors (Lipinski definition) is 2. The Hall–Kier alpha value is -0.800. The van der Waals surface area contributed by atoms with Crippen molar-refractivity contribution in [2.45, 2.75) is 13.1 Å². The van der Waals surface area contributed by atoms with Gasteiger partial charge in [0.05, 0.1) is 0 Å². The first kappa shape index (κ1) is 9.29. The van der Waals surface area contributed by atoms with Crippen LogP contribution >= 0.6 is 0 Å². The Morgan fingerprint density at radius 3 is 2.58 bits per heavy atom. The Bertz CT molecular complexity index is 227. The summed E-state index contributed by atoms with van der Waals surface area (Å²) in [5.41, 5.74) is 2.51. The first-order chi connectivity index (χ1) is 5.72. The van der Waals surface area contributed by atoms with Crippen LogP contribution in [-0.2, 0) is 13.1 Å². The molecule has 1 rings (SSSR count). The fourth-order valence-corrected chi connectivity index (χ4v) is 1.22. The monoisotopic (exact) mass is 167 g/mol. The summed E-state index contributed by atoms with van der Waals surface area (Å²) in [5, 5.41) is 3.11. The zero-order chi connectivity index (χ0) is 8.97. The van der Waals surface area contributed by atoms with Crippen molar-refractivity contribution in [2.24, 2.45) is 0 Å². The molecule has 0 aromatic carbocycles. The van der Waals surface area contributed by atoms with Gasteiger partial charge in [0.2, 0.25) is 0 Å². The minimum absolute atomic E-state index is 0.910. The predicted octanol–water partition coefficient (Wildman–Crippen LogP) is 0.796. The lowest BCUT2D eigenvalue weighted by Crippen LogP contribution is -2.11. The molecule has 0 aliphatic heterocycles. The molecule has 1 heterocycles. The highest BCUT2D eigenvalue weighted by molar-refractivity contribution is 5.12. The van der Waals surface area contributed by atoms with E-state index in [9.17, 15) is 0 Å². The van der Waals surface area contributed by atoms with E-state index in [0.29, 0.717) is 0 Å². The summed E-state index contributed by atoms with van der Waals surface area (Å²) in [5.74, 6) is 0. The van der Waals surface area contributed by atoms with Gasteiger partial charge in [-0.2, -0.15) is 0 Å². The van der Waals surface area contributed by atoms with E-state index in [0.717, 1.165) is 13.1 Å². The normalized spacial score (nSPS) is 11.0. The molecule has 0 radical (unpaired) electrons. The zero-order valence-corrected chi connectivity index (χ0v) is 8.02. The Labute approximate surface area is 73.8 Å². The van der Waals surface area contributed by atoms with Crippen molar-refractivity contribution in [1.29, 1.82) is 0 Å². The molecule has 0 unspecified atom stereocenters. The standard InChI is InChI=1S/C9H17N3/c1-10-6-8-4-5-9(11-8)7-12(2)3/h4-5,10-11H,6-7H2,1-3H3. The Morgan fingerprint density at radius 1 is 1.33 bits per heavy atom. The smallest absolute Gasteiger partial charge is 0.0379 e. The van der Waals surface area contributed by atoms with Gasteiger partial charge in [0, 0.05) is 24.5 Å². The third-order valence-electron chi connectivity index (χ3n) is 1.66. The molecule has 3 heteroatoms. The Kier molecular flexibility index (Phi) is 3.31. The van der Waals surface area contributed by atoms with Gasteiger partial charge in [-0.1, -0.05) is 0 Å². The fourth-order valence-electron chi connectivity index (χ4n) is 1.22. The quantitative estimate of drug-likeness (QED) is 0.695. The summed E-state index contributed by atoms with van der Waals surface area (Å²) in [7, 11) is 6.09. The molecule has 0 aliphatic rings. The summed E-state index contributed by atoms with van der Waals surface area (Å²) in [4.78, 5) is 5.49. The second-order valence-electron chi connectivity index (χ2n) is 3.28. The molecule has 12 heavy (non-hydrogen) atoms. The number of aromatic nitrogens is 1. The van der Waals surface area contributed by atoms with Gasteiger partial charge in [0.25, 0.3) is 0 Å². The van der Waals surface area contributed by atoms with E-state index in [4.69, 9.17) is 0 Å². The highest BCUT2D eigenvalue weighted by atomic mass is 15.1. The summed E-state index contributed by atoms with van der Waals surface area (Å²) < 4.78 is 0. The number of rotatable bonds is 4. The molecule has 0 saturated heterocycles. The van der Waals surface area contributed by atoms with Crippen LogP contribution < -0.4 is 5.32 Å². The molecule has 0 spiro atoms. The van der Waals surface area contributed by atoms with Gasteiger partial charge >= 0.3 is 0 Å². The van der Waals surface area contributed by atoms with Crippen molar-refractivity contribution in [3.8, 4) is 0 Å². The minimum Gasteiger partial charge on any atom is -0.360 e. The molecule has 0 fully saturated rings. The topological polar surface area (TPSA) is 31.1 Å². The van der Waals surface area contributed by atoms with Gasteiger partial charge in [0.15, 0.2) is 0 Å². The average molecular weight is 167 g/mol. The number of hydrogen-bond acceptors (Lipinski definition) is 2. The molecule has 68 valence electrons. The zero-order valence-electron chi connectivity index (χ0n) is 8.02. The van der Waals surface area contributed by atoms with Gasteiger partial charge in [-0.05, 0) is 33.3 Å². The second kappa shape index (κ2) is 4.28. The van der Waals surface area contributed by atoms with E-state index in [1.54, 1.807) is 0 Å². The molecule has 0 atom stereocenters. The van der Waals surface area contributed by atoms with Gasteiger partial charge in [0.1, 0.15) is 0 Å². The van der Waals surface area contributed by atoms with Gasteiger partial charge in [-0.15, -0.1) is 0 Å². The Balaban J connectivity index is 2.52. The van der Waals surface area contributed by atoms with Crippen LogP contribution in [0, 0.1) is 0 Å². The fraction of sp³-hybridized carbons (Fsp3) is 0.556. The lowest BCUT2D eigenvalue weighted by atomic mass is 10.4. The first-order valence-corrected chi connectivity index (χ1v) is 4.18. The maximum absolute atomic E-state index is 3.34. The maximum atomic E-state index is 3.34. The highest BCUT2D eigenvalue weighted by Gasteiger charge is 1.98. The van der Waals surface area contributed by atoms with Crippen molar-refractivity contribution >= 4 is 0 Å². The highest BCUT2D eigenvalue weighted by Crippen LogP contribution is 2.02. The Morgan fingerprint density at radius 2 is 2.00 bits per heavy atom. The van der Waals surface area contributed by atoms with Crippen LogP contribution in [0.15, 0.2) is 12.1 Å². The van der Waals surface area contributed by atoms with Crippen molar-refractivity contribution in [2.75, 3.05) is 21.1 Å². The third-order valence-corrected chi connectivity index (χ3v) is 1.66. The first-order valence-electron chi connectivity index (χ1n) is 4.18. The average Bonchev–Trinajstić information content (AvgIpc) is 2.36. The van der Waals surface area contributed by atoms with E-state index in [1.165, 1.54) is 11.4 Å². The number of nitrogens with zero attached hydrogens (tertiary/aromatic N) is 1. The van der Waals surface area contributed by atoms with Crippen LogP contribution in [0.25, 0.3) is 0 Å². The number of nitrogens with one attached hydrogen (secondary N) is 2. The molecule has 0 saturated carbocycles. The third kappa shape index (κ3) is 2.68. The van der Waals surface area contributed by atoms with E-state index in [2.05, 4.69) is 41.4 Å². The van der Waals surface area contributed by atoms with Crippen LogP contribution in [0.3, 0.4) is 0 Å². The largest absolute Gasteiger partial charge is 0.360 e. The molecule has 2 N–H and O–H groups in total. The van der Waals surface area contributed by atoms with Crippen molar-refractivity contribution in [1.82, 2.24) is 15.2 Å². The molecule has 0 bridgehead atoms. The SMILES string of the molecule is CNCc1ccc(CN(C)C)[nH]1. The van der Waals surface area contributed by atoms with E-state index in [-0.39, 0.29) is 0 Å². The summed E-state index contributed by atoms with van der Waals surface area (Å²) in [6, 6.07) is 4.25. The van der Waals surface area contributed by atoms with Crippen LogP contribution in [0.4, 0.5) is 0 Å². The molecular weight excluding hydrogens is 150 g/mol. The summed E-state index contributed by atoms with van der Waals surface area (Å²) >= 11 is 0. The second-order valence-corrected chi connectivity index (χ2v) is 3.28. The van der Waals surface area contributed by atoms with Gasteiger partial charge in [-0.25, -0.2) is 0 Å². The molecule has 0 amide bonds. The number of aromatic amines is 1. The van der Waals surface area contributed by atoms with Crippen molar-refractivity contribution in [3.05, 3.63) is 23.5 Å². The molecular formula is C9H17N3. The molecule has 3 nitrogen and oxygen atoms in total. The van der Waals surface area contributed by atoms with Crippen LogP contribution in [0.5, 0.6) is 0 Å². The minimum atomic E-state index is 0.910. The van der Waals surface area contributed by atoms with Crippen LogP contribution in [0.1, 0.15) is 11.4 Å². The van der Waals surface area contributed by atoms with Gasteiger partial charge < -0.3 is 15.2 Å². The summed E-state index contributed by atoms with van der Waals surface area (Å²) in [6.07, 6.45) is 0. The van der Waals surface area contributed by atoms with Crippen LogP contribution in [-0.4, -0.2) is 31.0 Å². The van der Waals surface area contributed by atoms with E-state index >= 15 is 0 Å². The molecule has 0 aliphatic carbocycles. The maximum Gasteiger partial charge on any atom is 0.0379 e. The van der Waals surface area contributed by atoms with Crippen molar-refractivity contribution < 1.29 is 0 Å². The lowest BCUT2D eigenvalue weighted by Gasteiger charge is -2.06. The van der Waals surface area contributed by atoms with Gasteiger partial charge in [-0.3, -0.25) is 0 Å². The van der Waals surface area contributed by atoms with E-state index < -0.39 is 0 Å². The lowest BCUT2D eigenvalue weighted by molar-refractivity contribution is 0.397. The molecule has 1 aromatic rings. The molecule has 1 aromatic heterocycles.